The number of rotatable bonds is 5. The van der Waals surface area contributed by atoms with Crippen molar-refractivity contribution >= 4 is 39.7 Å². The number of ether oxygens (including phenoxy) is 1. The number of nitrogens with zero attached hydrogens (tertiary/aromatic N) is 3. The average molecular weight is 397 g/mol. The van der Waals surface area contributed by atoms with E-state index in [1.165, 1.54) is 17.8 Å². The molecule has 140 valence electrons. The molecule has 2 heterocycles. The molecule has 0 N–H and O–H groups in total. The van der Waals surface area contributed by atoms with E-state index in [-0.39, 0.29) is 11.8 Å². The van der Waals surface area contributed by atoms with Crippen molar-refractivity contribution in [2.24, 2.45) is 4.99 Å². The highest BCUT2D eigenvalue weighted by molar-refractivity contribution is 8.14. The summed E-state index contributed by atoms with van der Waals surface area (Å²) in [5.74, 6) is 0.220. The molecule has 0 radical (unpaired) electrons. The highest BCUT2D eigenvalue weighted by Gasteiger charge is 2.20. The van der Waals surface area contributed by atoms with Crippen LogP contribution >= 0.6 is 11.8 Å². The Balaban J connectivity index is 1.64. The maximum Gasteiger partial charge on any atom is 0.314 e. The monoisotopic (exact) mass is 397 g/mol. The molecular formula is C19H12FN3O4S. The molecule has 0 amide bonds. The third-order valence-corrected chi connectivity index (χ3v) is 5.15. The number of halogens is 1. The Labute approximate surface area is 162 Å². The predicted octanol–water partition coefficient (Wildman–Crippen LogP) is 4.14. The van der Waals surface area contributed by atoms with Gasteiger partial charge in [-0.2, -0.15) is 0 Å². The molecule has 4 rings (SSSR count). The zero-order chi connectivity index (χ0) is 19.7. The van der Waals surface area contributed by atoms with E-state index in [0.29, 0.717) is 22.7 Å². The normalized spacial score (nSPS) is 16.0. The SMILES string of the molecule is O=C[C@H]1CSC(c2ccc3cc(Oc4ccc(F)cc4[N+](=O)[O-])ccc3n2)=N1. The Morgan fingerprint density at radius 1 is 1.21 bits per heavy atom. The summed E-state index contributed by atoms with van der Waals surface area (Å²) >= 11 is 1.48. The first-order valence-corrected chi connectivity index (χ1v) is 9.21. The van der Waals surface area contributed by atoms with Gasteiger partial charge in [-0.15, -0.1) is 11.8 Å². The van der Waals surface area contributed by atoms with Gasteiger partial charge in [-0.3, -0.25) is 15.1 Å². The van der Waals surface area contributed by atoms with Gasteiger partial charge < -0.3 is 9.53 Å². The van der Waals surface area contributed by atoms with Gasteiger partial charge in [0, 0.05) is 11.1 Å². The lowest BCUT2D eigenvalue weighted by atomic mass is 10.2. The fraction of sp³-hybridized carbons (Fsp3) is 0.105. The maximum atomic E-state index is 13.3. The molecule has 3 aromatic rings. The summed E-state index contributed by atoms with van der Waals surface area (Å²) in [6.45, 7) is 0. The molecule has 0 spiro atoms. The van der Waals surface area contributed by atoms with Crippen LogP contribution in [0.25, 0.3) is 10.9 Å². The Kier molecular flexibility index (Phi) is 4.74. The number of aldehydes is 1. The number of carbonyl (C=O) groups excluding carboxylic acids is 1. The molecule has 0 saturated heterocycles. The molecule has 0 fully saturated rings. The van der Waals surface area contributed by atoms with E-state index in [1.807, 2.05) is 6.07 Å². The summed E-state index contributed by atoms with van der Waals surface area (Å²) in [7, 11) is 0. The first-order valence-electron chi connectivity index (χ1n) is 8.22. The van der Waals surface area contributed by atoms with Crippen molar-refractivity contribution in [3.8, 4) is 11.5 Å². The fourth-order valence-corrected chi connectivity index (χ4v) is 3.69. The summed E-state index contributed by atoms with van der Waals surface area (Å²) in [5.41, 5.74) is 0.926. The van der Waals surface area contributed by atoms with Crippen LogP contribution in [0.3, 0.4) is 0 Å². The summed E-state index contributed by atoms with van der Waals surface area (Å²) in [6.07, 6.45) is 0.819. The van der Waals surface area contributed by atoms with Crippen LogP contribution in [-0.2, 0) is 4.79 Å². The van der Waals surface area contributed by atoms with Gasteiger partial charge in [-0.25, -0.2) is 9.37 Å². The van der Waals surface area contributed by atoms with E-state index in [1.54, 1.807) is 24.3 Å². The number of aliphatic imine (C=N–C) groups is 1. The molecule has 1 aliphatic rings. The van der Waals surface area contributed by atoms with Crippen LogP contribution in [0.2, 0.25) is 0 Å². The van der Waals surface area contributed by atoms with Gasteiger partial charge in [-0.1, -0.05) is 6.07 Å². The molecule has 28 heavy (non-hydrogen) atoms. The number of fused-ring (bicyclic) bond motifs is 1. The topological polar surface area (TPSA) is 94.7 Å². The number of hydrogen-bond donors (Lipinski definition) is 0. The third-order valence-electron chi connectivity index (χ3n) is 4.06. The van der Waals surface area contributed by atoms with Crippen LogP contribution in [0.1, 0.15) is 5.69 Å². The molecule has 2 aromatic carbocycles. The number of nitro groups is 1. The summed E-state index contributed by atoms with van der Waals surface area (Å²) in [5, 5.41) is 12.6. The van der Waals surface area contributed by atoms with Crippen molar-refractivity contribution in [2.45, 2.75) is 6.04 Å². The molecule has 7 nitrogen and oxygen atoms in total. The van der Waals surface area contributed by atoms with Crippen LogP contribution in [-0.4, -0.2) is 33.0 Å². The van der Waals surface area contributed by atoms with E-state index in [9.17, 15) is 19.3 Å². The first kappa shape index (κ1) is 18.1. The lowest BCUT2D eigenvalue weighted by Crippen LogP contribution is -2.03. The van der Waals surface area contributed by atoms with Gasteiger partial charge in [-0.05, 0) is 36.4 Å². The van der Waals surface area contributed by atoms with E-state index in [0.717, 1.165) is 28.8 Å². The molecule has 0 saturated carbocycles. The van der Waals surface area contributed by atoms with Crippen molar-refractivity contribution in [2.75, 3.05) is 5.75 Å². The minimum absolute atomic E-state index is 0.0491. The number of carbonyl (C=O) groups is 1. The molecule has 9 heteroatoms. The zero-order valence-corrected chi connectivity index (χ0v) is 15.1. The molecule has 0 aliphatic carbocycles. The quantitative estimate of drug-likeness (QED) is 0.365. The van der Waals surface area contributed by atoms with Gasteiger partial charge in [0.25, 0.3) is 0 Å². The van der Waals surface area contributed by atoms with E-state index in [4.69, 9.17) is 4.74 Å². The number of benzene rings is 2. The van der Waals surface area contributed by atoms with Crippen LogP contribution in [0.4, 0.5) is 10.1 Å². The van der Waals surface area contributed by atoms with E-state index < -0.39 is 16.4 Å². The van der Waals surface area contributed by atoms with Crippen LogP contribution in [0.15, 0.2) is 53.5 Å². The number of nitro benzene ring substituents is 1. The Bertz CT molecular complexity index is 1140. The van der Waals surface area contributed by atoms with Gasteiger partial charge in [0.1, 0.15) is 28.9 Å². The van der Waals surface area contributed by atoms with Gasteiger partial charge >= 0.3 is 5.69 Å². The van der Waals surface area contributed by atoms with Crippen molar-refractivity contribution in [3.63, 3.8) is 0 Å². The molecule has 0 bridgehead atoms. The Morgan fingerprint density at radius 2 is 2.07 bits per heavy atom. The lowest BCUT2D eigenvalue weighted by Gasteiger charge is -2.08. The third kappa shape index (κ3) is 3.56. The van der Waals surface area contributed by atoms with Gasteiger partial charge in [0.2, 0.25) is 5.75 Å². The summed E-state index contributed by atoms with van der Waals surface area (Å²) in [6, 6.07) is 11.5. The first-order chi connectivity index (χ1) is 13.5. The molecule has 1 atom stereocenters. The largest absolute Gasteiger partial charge is 0.450 e. The van der Waals surface area contributed by atoms with Crippen molar-refractivity contribution < 1.29 is 18.8 Å². The van der Waals surface area contributed by atoms with Crippen LogP contribution in [0.5, 0.6) is 11.5 Å². The summed E-state index contributed by atoms with van der Waals surface area (Å²) < 4.78 is 18.9. The minimum Gasteiger partial charge on any atom is -0.450 e. The van der Waals surface area contributed by atoms with Crippen LogP contribution < -0.4 is 4.74 Å². The predicted molar refractivity (Wildman–Crippen MR) is 104 cm³/mol. The standard InChI is InChI=1S/C19H12FN3O4S/c20-12-2-6-18(17(8-12)23(25)26)27-14-3-5-15-11(7-14)1-4-16(22-15)19-21-13(9-24)10-28-19/h1-9,13H,10H2/t13-/m0/s1. The number of pyridine rings is 1. The molecular weight excluding hydrogens is 385 g/mol. The smallest absolute Gasteiger partial charge is 0.314 e. The number of hydrogen-bond acceptors (Lipinski definition) is 7. The highest BCUT2D eigenvalue weighted by Crippen LogP contribution is 2.33. The lowest BCUT2D eigenvalue weighted by molar-refractivity contribution is -0.385. The van der Waals surface area contributed by atoms with Gasteiger partial charge in [0.15, 0.2) is 0 Å². The van der Waals surface area contributed by atoms with Crippen molar-refractivity contribution in [1.29, 1.82) is 0 Å². The average Bonchev–Trinajstić information content (AvgIpc) is 3.18. The van der Waals surface area contributed by atoms with E-state index in [2.05, 4.69) is 9.98 Å². The van der Waals surface area contributed by atoms with E-state index >= 15 is 0 Å². The van der Waals surface area contributed by atoms with Crippen molar-refractivity contribution in [1.82, 2.24) is 4.98 Å². The summed E-state index contributed by atoms with van der Waals surface area (Å²) in [4.78, 5) is 30.1. The molecule has 1 aliphatic heterocycles. The van der Waals surface area contributed by atoms with Crippen molar-refractivity contribution in [3.05, 3.63) is 70.2 Å². The highest BCUT2D eigenvalue weighted by atomic mass is 32.2. The minimum atomic E-state index is -0.709. The zero-order valence-electron chi connectivity index (χ0n) is 14.2. The Hall–Kier alpha value is -3.33. The second-order valence-electron chi connectivity index (χ2n) is 5.97. The molecule has 1 aromatic heterocycles. The van der Waals surface area contributed by atoms with Crippen LogP contribution in [0, 0.1) is 15.9 Å². The second kappa shape index (κ2) is 7.35. The number of aromatic nitrogens is 1. The Morgan fingerprint density at radius 3 is 2.82 bits per heavy atom. The maximum absolute atomic E-state index is 13.3. The number of thioether (sulfide) groups is 1. The molecule has 0 unspecified atom stereocenters. The van der Waals surface area contributed by atoms with Gasteiger partial charge in [0.05, 0.1) is 22.2 Å². The fourth-order valence-electron chi connectivity index (χ4n) is 2.73. The second-order valence-corrected chi connectivity index (χ2v) is 6.98.